The van der Waals surface area contributed by atoms with E-state index in [0.29, 0.717) is 6.54 Å². The average Bonchev–Trinajstić information content (AvgIpc) is 2.90. The molecular formula is C15H19F2N3O2. The zero-order valence-corrected chi connectivity index (χ0v) is 12.3. The largest absolute Gasteiger partial charge is 0.352 e. The van der Waals surface area contributed by atoms with Gasteiger partial charge in [-0.1, -0.05) is 6.07 Å². The van der Waals surface area contributed by atoms with Crippen molar-refractivity contribution < 1.29 is 18.4 Å². The Balaban J connectivity index is 2.08. The van der Waals surface area contributed by atoms with Gasteiger partial charge in [0.05, 0.1) is 12.5 Å². The van der Waals surface area contributed by atoms with Gasteiger partial charge in [0.2, 0.25) is 11.8 Å². The molecule has 120 valence electrons. The highest BCUT2D eigenvalue weighted by Crippen LogP contribution is 2.21. The number of carbonyl (C=O) groups is 2. The quantitative estimate of drug-likeness (QED) is 0.760. The fourth-order valence-electron chi connectivity index (χ4n) is 2.52. The maximum Gasteiger partial charge on any atom is 0.222 e. The van der Waals surface area contributed by atoms with Crippen LogP contribution in [0.15, 0.2) is 18.2 Å². The fraction of sp³-hybridized carbons (Fsp3) is 0.467. The predicted octanol–water partition coefficient (Wildman–Crippen LogP) is 1.01. The third-order valence-corrected chi connectivity index (χ3v) is 3.53. The van der Waals surface area contributed by atoms with Crippen molar-refractivity contribution in [3.63, 3.8) is 0 Å². The first kappa shape index (κ1) is 16.4. The molecule has 3 N–H and O–H groups in total. The number of hydrogen-bond donors (Lipinski definition) is 3. The summed E-state index contributed by atoms with van der Waals surface area (Å²) in [5.41, 5.74) is 0.0938. The molecule has 0 saturated carbocycles. The van der Waals surface area contributed by atoms with Crippen LogP contribution < -0.4 is 16.0 Å². The van der Waals surface area contributed by atoms with Crippen LogP contribution in [0.4, 0.5) is 8.78 Å². The van der Waals surface area contributed by atoms with Crippen molar-refractivity contribution in [3.8, 4) is 0 Å². The molecule has 22 heavy (non-hydrogen) atoms. The van der Waals surface area contributed by atoms with Crippen molar-refractivity contribution in [1.29, 1.82) is 0 Å². The number of carbonyl (C=O) groups excluding carboxylic acids is 2. The van der Waals surface area contributed by atoms with E-state index in [1.807, 2.05) is 0 Å². The number of rotatable bonds is 5. The molecule has 1 heterocycles. The van der Waals surface area contributed by atoms with E-state index in [1.165, 1.54) is 13.0 Å². The molecule has 2 atom stereocenters. The normalized spacial score (nSPS) is 18.8. The van der Waals surface area contributed by atoms with Gasteiger partial charge < -0.3 is 16.0 Å². The van der Waals surface area contributed by atoms with Crippen molar-refractivity contribution in [3.05, 3.63) is 35.4 Å². The monoisotopic (exact) mass is 311 g/mol. The van der Waals surface area contributed by atoms with E-state index >= 15 is 0 Å². The van der Waals surface area contributed by atoms with Crippen LogP contribution in [0.1, 0.15) is 31.4 Å². The Labute approximate surface area is 127 Å². The second kappa shape index (κ2) is 7.31. The van der Waals surface area contributed by atoms with Gasteiger partial charge in [0.25, 0.3) is 0 Å². The summed E-state index contributed by atoms with van der Waals surface area (Å²) in [6.45, 7) is 2.82. The molecule has 5 nitrogen and oxygen atoms in total. The molecule has 1 aliphatic rings. The molecule has 0 aromatic heterocycles. The highest BCUT2D eigenvalue weighted by Gasteiger charge is 2.23. The molecule has 2 amide bonds. The van der Waals surface area contributed by atoms with Crippen LogP contribution in [-0.4, -0.2) is 30.9 Å². The SMILES string of the molecule is CC(=O)NC(CC(=O)NC1CCNC1)c1ccc(F)cc1F. The molecule has 0 radical (unpaired) electrons. The molecule has 1 aliphatic heterocycles. The summed E-state index contributed by atoms with van der Waals surface area (Å²) in [7, 11) is 0. The van der Waals surface area contributed by atoms with Crippen molar-refractivity contribution in [2.24, 2.45) is 0 Å². The molecule has 1 fully saturated rings. The summed E-state index contributed by atoms with van der Waals surface area (Å²) in [5.74, 6) is -2.15. The van der Waals surface area contributed by atoms with Crippen LogP contribution in [0.5, 0.6) is 0 Å². The third-order valence-electron chi connectivity index (χ3n) is 3.53. The second-order valence-electron chi connectivity index (χ2n) is 5.38. The van der Waals surface area contributed by atoms with E-state index in [0.717, 1.165) is 25.1 Å². The zero-order chi connectivity index (χ0) is 16.1. The first-order chi connectivity index (χ1) is 10.5. The van der Waals surface area contributed by atoms with Gasteiger partial charge in [-0.2, -0.15) is 0 Å². The van der Waals surface area contributed by atoms with Gasteiger partial charge in [-0.3, -0.25) is 9.59 Å². The molecule has 7 heteroatoms. The molecule has 1 aromatic rings. The van der Waals surface area contributed by atoms with Gasteiger partial charge in [0, 0.05) is 31.1 Å². The number of nitrogens with one attached hydrogen (secondary N) is 3. The molecule has 0 aliphatic carbocycles. The summed E-state index contributed by atoms with van der Waals surface area (Å²) in [6.07, 6.45) is 0.736. The molecule has 0 spiro atoms. The van der Waals surface area contributed by atoms with Crippen LogP contribution >= 0.6 is 0 Å². The Morgan fingerprint density at radius 2 is 2.18 bits per heavy atom. The first-order valence-electron chi connectivity index (χ1n) is 7.18. The van der Waals surface area contributed by atoms with Gasteiger partial charge >= 0.3 is 0 Å². The van der Waals surface area contributed by atoms with Crippen LogP contribution in [0, 0.1) is 11.6 Å². The van der Waals surface area contributed by atoms with E-state index in [1.54, 1.807) is 0 Å². The van der Waals surface area contributed by atoms with Crippen LogP contribution in [0.2, 0.25) is 0 Å². The van der Waals surface area contributed by atoms with Crippen molar-refractivity contribution in [1.82, 2.24) is 16.0 Å². The minimum Gasteiger partial charge on any atom is -0.352 e. The summed E-state index contributed by atoms with van der Waals surface area (Å²) < 4.78 is 26.9. The van der Waals surface area contributed by atoms with Crippen molar-refractivity contribution >= 4 is 11.8 Å². The number of hydrogen-bond acceptors (Lipinski definition) is 3. The Bertz CT molecular complexity index is 560. The van der Waals surface area contributed by atoms with Gasteiger partial charge in [-0.15, -0.1) is 0 Å². The number of halogens is 2. The summed E-state index contributed by atoms with van der Waals surface area (Å²) >= 11 is 0. The van der Waals surface area contributed by atoms with E-state index in [2.05, 4.69) is 16.0 Å². The Morgan fingerprint density at radius 1 is 1.41 bits per heavy atom. The van der Waals surface area contributed by atoms with Crippen LogP contribution in [-0.2, 0) is 9.59 Å². The molecule has 1 saturated heterocycles. The standard InChI is InChI=1S/C15H19F2N3O2/c1-9(21)19-14(12-3-2-10(16)6-13(12)17)7-15(22)20-11-4-5-18-8-11/h2-3,6,11,14,18H,4-5,7-8H2,1H3,(H,19,21)(H,20,22). The number of benzene rings is 1. The second-order valence-corrected chi connectivity index (χ2v) is 5.38. The van der Waals surface area contributed by atoms with E-state index < -0.39 is 17.7 Å². The summed E-state index contributed by atoms with van der Waals surface area (Å²) in [6, 6.07) is 2.31. The van der Waals surface area contributed by atoms with E-state index in [4.69, 9.17) is 0 Å². The van der Waals surface area contributed by atoms with Gasteiger partial charge in [-0.05, 0) is 19.0 Å². The van der Waals surface area contributed by atoms with E-state index in [-0.39, 0.29) is 29.8 Å². The molecule has 1 aromatic carbocycles. The molecular weight excluding hydrogens is 292 g/mol. The first-order valence-corrected chi connectivity index (χ1v) is 7.18. The lowest BCUT2D eigenvalue weighted by atomic mass is 10.0. The van der Waals surface area contributed by atoms with Crippen LogP contribution in [0.25, 0.3) is 0 Å². The lowest BCUT2D eigenvalue weighted by Gasteiger charge is -2.20. The van der Waals surface area contributed by atoms with Gasteiger partial charge in [0.15, 0.2) is 0 Å². The zero-order valence-electron chi connectivity index (χ0n) is 12.3. The van der Waals surface area contributed by atoms with Crippen molar-refractivity contribution in [2.75, 3.05) is 13.1 Å². The fourth-order valence-corrected chi connectivity index (χ4v) is 2.52. The van der Waals surface area contributed by atoms with Gasteiger partial charge in [0.1, 0.15) is 11.6 Å². The Kier molecular flexibility index (Phi) is 5.43. The lowest BCUT2D eigenvalue weighted by Crippen LogP contribution is -2.39. The minimum atomic E-state index is -0.826. The summed E-state index contributed by atoms with van der Waals surface area (Å²) in [4.78, 5) is 23.3. The van der Waals surface area contributed by atoms with Crippen molar-refractivity contribution in [2.45, 2.75) is 31.8 Å². The smallest absolute Gasteiger partial charge is 0.222 e. The molecule has 2 unspecified atom stereocenters. The highest BCUT2D eigenvalue weighted by molar-refractivity contribution is 5.79. The topological polar surface area (TPSA) is 70.2 Å². The van der Waals surface area contributed by atoms with Crippen LogP contribution in [0.3, 0.4) is 0 Å². The molecule has 2 rings (SSSR count). The third kappa shape index (κ3) is 4.49. The molecule has 0 bridgehead atoms. The lowest BCUT2D eigenvalue weighted by molar-refractivity contribution is -0.123. The average molecular weight is 311 g/mol. The van der Waals surface area contributed by atoms with Gasteiger partial charge in [-0.25, -0.2) is 8.78 Å². The summed E-state index contributed by atoms with van der Waals surface area (Å²) in [5, 5.41) is 8.49. The predicted molar refractivity (Wildman–Crippen MR) is 77.0 cm³/mol. The Morgan fingerprint density at radius 3 is 2.77 bits per heavy atom. The maximum atomic E-state index is 13.9. The number of amides is 2. The highest BCUT2D eigenvalue weighted by atomic mass is 19.1. The maximum absolute atomic E-state index is 13.9. The Hall–Kier alpha value is -2.02. The minimum absolute atomic E-state index is 0.0449. The van der Waals surface area contributed by atoms with E-state index in [9.17, 15) is 18.4 Å².